The normalized spacial score (nSPS) is 17.5. The van der Waals surface area contributed by atoms with Crippen LogP contribution in [-0.4, -0.2) is 33.7 Å². The SMILES string of the molecule is NCC(=O)c1ccc(NC(=O)CC2SC(=S)NC2=O)cc1. The molecule has 0 spiro atoms. The van der Waals surface area contributed by atoms with Gasteiger partial charge in [0.2, 0.25) is 11.8 Å². The number of amides is 2. The van der Waals surface area contributed by atoms with E-state index in [9.17, 15) is 14.4 Å². The van der Waals surface area contributed by atoms with Gasteiger partial charge in [-0.05, 0) is 24.3 Å². The molecule has 1 heterocycles. The molecule has 1 unspecified atom stereocenters. The Hall–Kier alpha value is -1.77. The first kappa shape index (κ1) is 15.6. The molecule has 0 aliphatic carbocycles. The molecular formula is C13H13N3O3S2. The van der Waals surface area contributed by atoms with E-state index in [-0.39, 0.29) is 30.6 Å². The fraction of sp³-hybridized carbons (Fsp3) is 0.231. The van der Waals surface area contributed by atoms with Crippen LogP contribution < -0.4 is 16.4 Å². The molecule has 1 aliphatic heterocycles. The van der Waals surface area contributed by atoms with E-state index in [1.165, 1.54) is 11.8 Å². The zero-order chi connectivity index (χ0) is 15.4. The molecule has 0 saturated carbocycles. The number of Topliss-reactive ketones (excluding diaryl/α,β-unsaturated/α-hetero) is 1. The average molecular weight is 323 g/mol. The van der Waals surface area contributed by atoms with E-state index in [1.54, 1.807) is 24.3 Å². The Balaban J connectivity index is 1.92. The molecule has 1 aromatic carbocycles. The fourth-order valence-corrected chi connectivity index (χ4v) is 3.03. The van der Waals surface area contributed by atoms with Crippen molar-refractivity contribution in [3.05, 3.63) is 29.8 Å². The van der Waals surface area contributed by atoms with Crippen LogP contribution in [0.2, 0.25) is 0 Å². The zero-order valence-electron chi connectivity index (χ0n) is 10.9. The Morgan fingerprint density at radius 2 is 2.00 bits per heavy atom. The molecule has 2 amide bonds. The monoisotopic (exact) mass is 323 g/mol. The van der Waals surface area contributed by atoms with Gasteiger partial charge >= 0.3 is 0 Å². The molecule has 0 bridgehead atoms. The second-order valence-electron chi connectivity index (χ2n) is 4.34. The van der Waals surface area contributed by atoms with Gasteiger partial charge in [0.05, 0.1) is 11.8 Å². The maximum Gasteiger partial charge on any atom is 0.239 e. The topological polar surface area (TPSA) is 101 Å². The zero-order valence-corrected chi connectivity index (χ0v) is 12.6. The van der Waals surface area contributed by atoms with Crippen LogP contribution in [0.25, 0.3) is 0 Å². The van der Waals surface area contributed by atoms with Crippen LogP contribution in [-0.2, 0) is 9.59 Å². The highest BCUT2D eigenvalue weighted by Gasteiger charge is 2.30. The van der Waals surface area contributed by atoms with Gasteiger partial charge in [0.25, 0.3) is 0 Å². The Kier molecular flexibility index (Phi) is 5.05. The van der Waals surface area contributed by atoms with Gasteiger partial charge in [-0.15, -0.1) is 0 Å². The number of carbonyl (C=O) groups excluding carboxylic acids is 3. The number of hydrogen-bond donors (Lipinski definition) is 3. The molecule has 1 atom stereocenters. The van der Waals surface area contributed by atoms with Crippen LogP contribution in [0, 0.1) is 0 Å². The standard InChI is InChI=1S/C13H13N3O3S2/c14-6-9(17)7-1-3-8(4-2-7)15-11(18)5-10-12(19)16-13(20)21-10/h1-4,10H,5-6,14H2,(H,15,18)(H,16,19,20). The first-order valence-electron chi connectivity index (χ1n) is 6.14. The Labute approximate surface area is 130 Å². The van der Waals surface area contributed by atoms with Gasteiger partial charge in [0, 0.05) is 17.7 Å². The van der Waals surface area contributed by atoms with E-state index in [0.717, 1.165) is 0 Å². The van der Waals surface area contributed by atoms with E-state index < -0.39 is 5.25 Å². The van der Waals surface area contributed by atoms with Crippen molar-refractivity contribution >= 4 is 51.6 Å². The molecule has 110 valence electrons. The Morgan fingerprint density at radius 3 is 2.52 bits per heavy atom. The molecule has 8 heteroatoms. The largest absolute Gasteiger partial charge is 0.326 e. The lowest BCUT2D eigenvalue weighted by atomic mass is 10.1. The summed E-state index contributed by atoms with van der Waals surface area (Å²) in [5, 5.41) is 4.67. The van der Waals surface area contributed by atoms with Crippen molar-refractivity contribution in [3.63, 3.8) is 0 Å². The molecule has 4 N–H and O–H groups in total. The highest BCUT2D eigenvalue weighted by molar-refractivity contribution is 8.24. The van der Waals surface area contributed by atoms with E-state index in [2.05, 4.69) is 10.6 Å². The van der Waals surface area contributed by atoms with E-state index in [4.69, 9.17) is 18.0 Å². The third kappa shape index (κ3) is 4.10. The maximum absolute atomic E-state index is 11.9. The van der Waals surface area contributed by atoms with E-state index in [0.29, 0.717) is 15.6 Å². The molecule has 1 saturated heterocycles. The predicted octanol–water partition coefficient (Wildman–Crippen LogP) is 0.673. The highest BCUT2D eigenvalue weighted by atomic mass is 32.2. The van der Waals surface area contributed by atoms with Crippen molar-refractivity contribution in [1.82, 2.24) is 5.32 Å². The highest BCUT2D eigenvalue weighted by Crippen LogP contribution is 2.22. The molecule has 1 aromatic rings. The quantitative estimate of drug-likeness (QED) is 0.544. The average Bonchev–Trinajstić information content (AvgIpc) is 2.76. The first-order valence-corrected chi connectivity index (χ1v) is 7.43. The molecule has 1 aliphatic rings. The number of thiocarbonyl (C=S) groups is 1. The summed E-state index contributed by atoms with van der Waals surface area (Å²) in [7, 11) is 0. The van der Waals surface area contributed by atoms with Gasteiger partial charge in [-0.3, -0.25) is 14.4 Å². The summed E-state index contributed by atoms with van der Waals surface area (Å²) in [6.07, 6.45) is 0.0418. The summed E-state index contributed by atoms with van der Waals surface area (Å²) in [4.78, 5) is 34.7. The minimum Gasteiger partial charge on any atom is -0.326 e. The lowest BCUT2D eigenvalue weighted by molar-refractivity contribution is -0.122. The van der Waals surface area contributed by atoms with Crippen molar-refractivity contribution in [3.8, 4) is 0 Å². The third-order valence-corrected chi connectivity index (χ3v) is 4.19. The second-order valence-corrected chi connectivity index (χ2v) is 6.22. The van der Waals surface area contributed by atoms with Crippen molar-refractivity contribution in [2.45, 2.75) is 11.7 Å². The summed E-state index contributed by atoms with van der Waals surface area (Å²) < 4.78 is 0.391. The molecule has 0 radical (unpaired) electrons. The van der Waals surface area contributed by atoms with Gasteiger partial charge in [-0.1, -0.05) is 24.0 Å². The third-order valence-electron chi connectivity index (χ3n) is 2.81. The summed E-state index contributed by atoms with van der Waals surface area (Å²) in [6, 6.07) is 6.43. The van der Waals surface area contributed by atoms with Crippen molar-refractivity contribution < 1.29 is 14.4 Å². The Bertz CT molecular complexity index is 601. The summed E-state index contributed by atoms with van der Waals surface area (Å²) in [6.45, 7) is -0.0559. The summed E-state index contributed by atoms with van der Waals surface area (Å²) >= 11 is 6.04. The van der Waals surface area contributed by atoms with Crippen LogP contribution in [0.5, 0.6) is 0 Å². The molecule has 0 aromatic heterocycles. The predicted molar refractivity (Wildman–Crippen MR) is 85.2 cm³/mol. The number of carbonyl (C=O) groups is 3. The van der Waals surface area contributed by atoms with E-state index in [1.807, 2.05) is 0 Å². The Morgan fingerprint density at radius 1 is 1.33 bits per heavy atom. The number of benzene rings is 1. The van der Waals surface area contributed by atoms with E-state index >= 15 is 0 Å². The summed E-state index contributed by atoms with van der Waals surface area (Å²) in [5.41, 5.74) is 6.32. The van der Waals surface area contributed by atoms with Crippen molar-refractivity contribution in [2.24, 2.45) is 5.73 Å². The minimum absolute atomic E-state index is 0.0418. The van der Waals surface area contributed by atoms with Crippen molar-refractivity contribution in [2.75, 3.05) is 11.9 Å². The molecule has 21 heavy (non-hydrogen) atoms. The number of ketones is 1. The number of anilines is 1. The van der Waals surface area contributed by atoms with Gasteiger partial charge in [-0.2, -0.15) is 0 Å². The summed E-state index contributed by atoms with van der Waals surface area (Å²) in [5.74, 6) is -0.699. The second kappa shape index (κ2) is 6.79. The number of thioether (sulfide) groups is 1. The fourth-order valence-electron chi connectivity index (χ4n) is 1.77. The maximum atomic E-state index is 11.9. The number of rotatable bonds is 5. The smallest absolute Gasteiger partial charge is 0.239 e. The molecule has 2 rings (SSSR count). The van der Waals surface area contributed by atoms with Crippen LogP contribution in [0.3, 0.4) is 0 Å². The van der Waals surface area contributed by atoms with Crippen LogP contribution in [0.1, 0.15) is 16.8 Å². The van der Waals surface area contributed by atoms with Gasteiger partial charge in [0.15, 0.2) is 5.78 Å². The number of nitrogens with two attached hydrogens (primary N) is 1. The van der Waals surface area contributed by atoms with Gasteiger partial charge < -0.3 is 16.4 Å². The van der Waals surface area contributed by atoms with Crippen molar-refractivity contribution in [1.29, 1.82) is 0 Å². The van der Waals surface area contributed by atoms with Gasteiger partial charge in [0.1, 0.15) is 4.32 Å². The lowest BCUT2D eigenvalue weighted by Gasteiger charge is -2.08. The number of hydrogen-bond acceptors (Lipinski definition) is 6. The minimum atomic E-state index is -0.490. The van der Waals surface area contributed by atoms with Crippen LogP contribution in [0.15, 0.2) is 24.3 Å². The lowest BCUT2D eigenvalue weighted by Crippen LogP contribution is -2.27. The van der Waals surface area contributed by atoms with Gasteiger partial charge in [-0.25, -0.2) is 0 Å². The molecular weight excluding hydrogens is 310 g/mol. The molecule has 1 fully saturated rings. The number of nitrogens with one attached hydrogen (secondary N) is 2. The molecule has 6 nitrogen and oxygen atoms in total. The first-order chi connectivity index (χ1) is 9.99. The van der Waals surface area contributed by atoms with Crippen LogP contribution >= 0.6 is 24.0 Å². The van der Waals surface area contributed by atoms with Crippen LogP contribution in [0.4, 0.5) is 5.69 Å².